The van der Waals surface area contributed by atoms with E-state index >= 15 is 0 Å². The topological polar surface area (TPSA) is 18.5 Å². The van der Waals surface area contributed by atoms with Crippen LogP contribution in [-0.4, -0.2) is 20.3 Å². The molecule has 2 heteroatoms. The Balaban J connectivity index is 0.000000366. The van der Waals surface area contributed by atoms with Crippen LogP contribution in [0, 0.1) is 0 Å². The van der Waals surface area contributed by atoms with Crippen molar-refractivity contribution in [2.24, 2.45) is 0 Å². The number of fused-ring (bicyclic) bond motifs is 1. The third-order valence-corrected chi connectivity index (χ3v) is 5.67. The molecule has 31 heavy (non-hydrogen) atoms. The number of hydrogen-bond donors (Lipinski definition) is 0. The van der Waals surface area contributed by atoms with Crippen molar-refractivity contribution >= 4 is 16.3 Å². The minimum atomic E-state index is 0.786. The molecule has 0 atom stereocenters. The number of allylic oxidation sites excluding steroid dienone is 4. The molecule has 0 saturated heterocycles. The summed E-state index contributed by atoms with van der Waals surface area (Å²) in [7, 11) is 1.76. The molecule has 3 rings (SSSR count). The van der Waals surface area contributed by atoms with Crippen LogP contribution in [0.1, 0.15) is 83.6 Å². The highest BCUT2D eigenvalue weighted by atomic mass is 16.5. The van der Waals surface area contributed by atoms with Crippen molar-refractivity contribution < 1.29 is 9.47 Å². The summed E-state index contributed by atoms with van der Waals surface area (Å²) in [6, 6.07) is 12.9. The highest BCUT2D eigenvalue weighted by Gasteiger charge is 2.04. The number of hydrogen-bond acceptors (Lipinski definition) is 2. The zero-order chi connectivity index (χ0) is 22.2. The predicted molar refractivity (Wildman–Crippen MR) is 136 cm³/mol. The van der Waals surface area contributed by atoms with Crippen LogP contribution >= 0.6 is 0 Å². The molecule has 170 valence electrons. The summed E-state index contributed by atoms with van der Waals surface area (Å²) in [4.78, 5) is 0. The maximum absolute atomic E-state index is 5.88. The van der Waals surface area contributed by atoms with Gasteiger partial charge in [-0.1, -0.05) is 95.2 Å². The smallest absolute Gasteiger partial charge is 0.119 e. The molecular weight excluding hydrogens is 380 g/mol. The first kappa shape index (κ1) is 25.2. The second kappa shape index (κ2) is 15.7. The Labute approximate surface area is 190 Å². The normalized spacial score (nSPS) is 12.2. The molecular formula is C29H42O2. The van der Waals surface area contributed by atoms with Crippen molar-refractivity contribution in [3.63, 3.8) is 0 Å². The average Bonchev–Trinajstić information content (AvgIpc) is 2.75. The fraction of sp³-hybridized carbons (Fsp3) is 0.517. The molecule has 2 aromatic carbocycles. The van der Waals surface area contributed by atoms with Gasteiger partial charge < -0.3 is 9.47 Å². The van der Waals surface area contributed by atoms with Gasteiger partial charge in [0.2, 0.25) is 0 Å². The molecule has 0 bridgehead atoms. The Morgan fingerprint density at radius 1 is 0.677 bits per heavy atom. The van der Waals surface area contributed by atoms with Crippen LogP contribution in [0.4, 0.5) is 0 Å². The second-order valence-corrected chi connectivity index (χ2v) is 8.37. The Kier molecular flexibility index (Phi) is 12.8. The van der Waals surface area contributed by atoms with E-state index < -0.39 is 0 Å². The molecule has 1 aliphatic carbocycles. The Morgan fingerprint density at radius 2 is 1.29 bits per heavy atom. The molecule has 0 saturated carbocycles. The van der Waals surface area contributed by atoms with Crippen LogP contribution < -0.4 is 4.74 Å². The summed E-state index contributed by atoms with van der Waals surface area (Å²) in [6.45, 7) is 6.16. The number of ether oxygens (including phenoxy) is 2. The van der Waals surface area contributed by atoms with Crippen molar-refractivity contribution in [1.82, 2.24) is 0 Å². The number of methoxy groups -OCH3 is 1. The van der Waals surface area contributed by atoms with Crippen LogP contribution in [0.5, 0.6) is 5.75 Å². The molecule has 0 amide bonds. The van der Waals surface area contributed by atoms with E-state index in [1.807, 2.05) is 0 Å². The lowest BCUT2D eigenvalue weighted by Gasteiger charge is -2.10. The van der Waals surface area contributed by atoms with Crippen LogP contribution in [-0.2, 0) is 4.74 Å². The lowest BCUT2D eigenvalue weighted by Crippen LogP contribution is -1.98. The Bertz CT molecular complexity index is 797. The van der Waals surface area contributed by atoms with Gasteiger partial charge >= 0.3 is 0 Å². The van der Waals surface area contributed by atoms with E-state index in [4.69, 9.17) is 9.47 Å². The molecule has 0 heterocycles. The molecule has 0 aromatic heterocycles. The quantitative estimate of drug-likeness (QED) is 0.283. The summed E-state index contributed by atoms with van der Waals surface area (Å²) < 4.78 is 10.9. The Hall–Kier alpha value is -2.06. The minimum absolute atomic E-state index is 0.786. The van der Waals surface area contributed by atoms with Gasteiger partial charge in [0, 0.05) is 13.7 Å². The SMILES string of the molecule is CCCCCCCC.COCCCCCCOc1ccc2cc(C3=CC=C3)ccc2c1. The lowest BCUT2D eigenvalue weighted by molar-refractivity contribution is 0.191. The van der Waals surface area contributed by atoms with E-state index in [1.54, 1.807) is 7.11 Å². The number of benzene rings is 2. The highest BCUT2D eigenvalue weighted by molar-refractivity contribution is 5.90. The van der Waals surface area contributed by atoms with Crippen molar-refractivity contribution in [3.8, 4) is 5.75 Å². The van der Waals surface area contributed by atoms with E-state index in [0.29, 0.717) is 0 Å². The van der Waals surface area contributed by atoms with Gasteiger partial charge in [0.05, 0.1) is 6.61 Å². The molecule has 2 nitrogen and oxygen atoms in total. The van der Waals surface area contributed by atoms with Crippen LogP contribution in [0.2, 0.25) is 0 Å². The molecule has 0 spiro atoms. The number of unbranched alkanes of at least 4 members (excludes halogenated alkanes) is 8. The van der Waals surface area contributed by atoms with Crippen LogP contribution in [0.3, 0.4) is 0 Å². The molecule has 1 aliphatic rings. The standard InChI is InChI=1S/C21H24O2.C8H18/c1-22-13-4-2-3-5-14-23-21-12-11-19-15-18(17-7-6-8-17)9-10-20(19)16-21;1-3-5-7-8-6-4-2/h6-12,15-16H,2-5,13-14H2,1H3;3-8H2,1-2H3. The summed E-state index contributed by atoms with van der Waals surface area (Å²) in [5, 5.41) is 2.49. The largest absolute Gasteiger partial charge is 0.494 e. The zero-order valence-electron chi connectivity index (χ0n) is 20.0. The fourth-order valence-corrected chi connectivity index (χ4v) is 3.62. The fourth-order valence-electron chi connectivity index (χ4n) is 3.62. The first-order valence-corrected chi connectivity index (χ1v) is 12.3. The van der Waals surface area contributed by atoms with Gasteiger partial charge in [-0.3, -0.25) is 0 Å². The number of rotatable bonds is 14. The van der Waals surface area contributed by atoms with Gasteiger partial charge in [0.25, 0.3) is 0 Å². The summed E-state index contributed by atoms with van der Waals surface area (Å²) in [5.41, 5.74) is 2.59. The molecule has 0 N–H and O–H groups in total. The van der Waals surface area contributed by atoms with Crippen LogP contribution in [0.25, 0.3) is 16.3 Å². The first-order chi connectivity index (χ1) is 15.3. The van der Waals surface area contributed by atoms with Crippen molar-refractivity contribution in [2.45, 2.75) is 78.1 Å². The van der Waals surface area contributed by atoms with Gasteiger partial charge in [-0.2, -0.15) is 0 Å². The van der Waals surface area contributed by atoms with Gasteiger partial charge in [0.15, 0.2) is 0 Å². The predicted octanol–water partition coefficient (Wildman–Crippen LogP) is 8.75. The Morgan fingerprint density at radius 3 is 1.90 bits per heavy atom. The molecule has 0 radical (unpaired) electrons. The minimum Gasteiger partial charge on any atom is -0.494 e. The summed E-state index contributed by atoms with van der Waals surface area (Å²) in [6.07, 6.45) is 19.5. The van der Waals surface area contributed by atoms with Crippen molar-refractivity contribution in [1.29, 1.82) is 0 Å². The summed E-state index contributed by atoms with van der Waals surface area (Å²) >= 11 is 0. The van der Waals surface area contributed by atoms with Gasteiger partial charge in [-0.15, -0.1) is 0 Å². The molecule has 0 aliphatic heterocycles. The second-order valence-electron chi connectivity index (χ2n) is 8.37. The summed E-state index contributed by atoms with van der Waals surface area (Å²) in [5.74, 6) is 0.963. The van der Waals surface area contributed by atoms with Crippen molar-refractivity contribution in [2.75, 3.05) is 20.3 Å². The molecule has 0 unspecified atom stereocenters. The third-order valence-electron chi connectivity index (χ3n) is 5.67. The van der Waals surface area contributed by atoms with Crippen molar-refractivity contribution in [3.05, 3.63) is 60.2 Å². The molecule has 2 aromatic rings. The maximum Gasteiger partial charge on any atom is 0.119 e. The van der Waals surface area contributed by atoms with E-state index in [-0.39, 0.29) is 0 Å². The van der Waals surface area contributed by atoms with Gasteiger partial charge in [-0.05, 0) is 59.4 Å². The van der Waals surface area contributed by atoms with E-state index in [1.165, 1.54) is 73.3 Å². The van der Waals surface area contributed by atoms with E-state index in [9.17, 15) is 0 Å². The third kappa shape index (κ3) is 9.74. The van der Waals surface area contributed by atoms with E-state index in [2.05, 4.69) is 68.5 Å². The molecule has 0 fully saturated rings. The zero-order valence-corrected chi connectivity index (χ0v) is 20.0. The lowest BCUT2D eigenvalue weighted by atomic mass is 9.97. The first-order valence-electron chi connectivity index (χ1n) is 12.3. The van der Waals surface area contributed by atoms with Gasteiger partial charge in [0.1, 0.15) is 5.75 Å². The van der Waals surface area contributed by atoms with Crippen LogP contribution in [0.15, 0.2) is 54.6 Å². The maximum atomic E-state index is 5.88. The van der Waals surface area contributed by atoms with Gasteiger partial charge in [-0.25, -0.2) is 0 Å². The average molecular weight is 423 g/mol. The monoisotopic (exact) mass is 422 g/mol. The van der Waals surface area contributed by atoms with E-state index in [0.717, 1.165) is 31.8 Å². The highest BCUT2D eigenvalue weighted by Crippen LogP contribution is 2.27.